The number of carbonyl (C=O) groups is 2. The largest absolute Gasteiger partial charge is 0.323 e. The van der Waals surface area contributed by atoms with Crippen LogP contribution in [0.25, 0.3) is 0 Å². The van der Waals surface area contributed by atoms with Crippen LogP contribution in [0.3, 0.4) is 0 Å². The van der Waals surface area contributed by atoms with Gasteiger partial charge in [0.15, 0.2) is 0 Å². The highest BCUT2D eigenvalue weighted by atomic mass is 35.5. The Morgan fingerprint density at radius 3 is 2.71 bits per heavy atom. The van der Waals surface area contributed by atoms with E-state index in [0.29, 0.717) is 22.8 Å². The lowest BCUT2D eigenvalue weighted by molar-refractivity contribution is -0.122. The molecule has 1 aliphatic rings. The fourth-order valence-corrected chi connectivity index (χ4v) is 3.18. The van der Waals surface area contributed by atoms with Gasteiger partial charge in [-0.05, 0) is 23.6 Å². The van der Waals surface area contributed by atoms with E-state index in [1.807, 2.05) is 32.0 Å². The van der Waals surface area contributed by atoms with Gasteiger partial charge in [-0.15, -0.1) is 0 Å². The number of fused-ring (bicyclic) bond motifs is 1. The average molecular weight is 344 g/mol. The number of nitrogens with zero attached hydrogens (tertiary/aromatic N) is 2. The molecule has 6 heteroatoms. The number of halogens is 1. The van der Waals surface area contributed by atoms with Crippen molar-refractivity contribution in [3.05, 3.63) is 58.9 Å². The van der Waals surface area contributed by atoms with E-state index in [0.717, 1.165) is 5.56 Å². The van der Waals surface area contributed by atoms with Gasteiger partial charge in [0.05, 0.1) is 16.9 Å². The van der Waals surface area contributed by atoms with Gasteiger partial charge >= 0.3 is 0 Å². The SMILES string of the molecule is CC(C)[C@H](C(=O)Nc1cncc(Cl)c1)N1Cc2ccccc2C1=O. The molecule has 1 aromatic heterocycles. The second-order valence-electron chi connectivity index (χ2n) is 6.16. The third-order valence-electron chi connectivity index (χ3n) is 4.06. The van der Waals surface area contributed by atoms with Crippen LogP contribution in [-0.2, 0) is 11.3 Å². The van der Waals surface area contributed by atoms with Gasteiger partial charge in [-0.25, -0.2) is 0 Å². The van der Waals surface area contributed by atoms with Crippen LogP contribution < -0.4 is 5.32 Å². The van der Waals surface area contributed by atoms with Gasteiger partial charge in [-0.3, -0.25) is 14.6 Å². The van der Waals surface area contributed by atoms with Crippen LogP contribution in [0, 0.1) is 5.92 Å². The molecule has 1 aliphatic heterocycles. The van der Waals surface area contributed by atoms with Crippen LogP contribution in [0.2, 0.25) is 5.02 Å². The van der Waals surface area contributed by atoms with E-state index in [1.54, 1.807) is 17.0 Å². The minimum atomic E-state index is -0.566. The third kappa shape index (κ3) is 3.12. The summed E-state index contributed by atoms with van der Waals surface area (Å²) in [6.45, 7) is 4.30. The van der Waals surface area contributed by atoms with Gasteiger partial charge < -0.3 is 10.2 Å². The molecule has 1 atom stereocenters. The Morgan fingerprint density at radius 1 is 1.29 bits per heavy atom. The Bertz CT molecular complexity index is 791. The van der Waals surface area contributed by atoms with E-state index in [9.17, 15) is 9.59 Å². The quantitative estimate of drug-likeness (QED) is 0.926. The molecule has 2 amide bonds. The van der Waals surface area contributed by atoms with Gasteiger partial charge in [-0.1, -0.05) is 43.6 Å². The minimum Gasteiger partial charge on any atom is -0.323 e. The zero-order valence-electron chi connectivity index (χ0n) is 13.5. The molecule has 0 aliphatic carbocycles. The third-order valence-corrected chi connectivity index (χ3v) is 4.26. The van der Waals surface area contributed by atoms with Gasteiger partial charge in [0.25, 0.3) is 5.91 Å². The van der Waals surface area contributed by atoms with Crippen LogP contribution in [-0.4, -0.2) is 27.7 Å². The van der Waals surface area contributed by atoms with E-state index >= 15 is 0 Å². The summed E-state index contributed by atoms with van der Waals surface area (Å²) in [5.74, 6) is -0.380. The molecule has 0 radical (unpaired) electrons. The summed E-state index contributed by atoms with van der Waals surface area (Å²) in [5, 5.41) is 3.25. The van der Waals surface area contributed by atoms with Gasteiger partial charge in [0.2, 0.25) is 5.91 Å². The highest BCUT2D eigenvalue weighted by Gasteiger charge is 2.37. The van der Waals surface area contributed by atoms with Crippen molar-refractivity contribution < 1.29 is 9.59 Å². The molecule has 0 saturated heterocycles. The molecule has 24 heavy (non-hydrogen) atoms. The number of hydrogen-bond donors (Lipinski definition) is 1. The number of nitrogens with one attached hydrogen (secondary N) is 1. The summed E-state index contributed by atoms with van der Waals surface area (Å²) in [6.07, 6.45) is 3.03. The smallest absolute Gasteiger partial charge is 0.255 e. The number of rotatable bonds is 4. The maximum atomic E-state index is 12.8. The van der Waals surface area contributed by atoms with Crippen molar-refractivity contribution in [2.24, 2.45) is 5.92 Å². The molecule has 0 unspecified atom stereocenters. The van der Waals surface area contributed by atoms with E-state index in [4.69, 9.17) is 11.6 Å². The van der Waals surface area contributed by atoms with Crippen molar-refractivity contribution in [1.29, 1.82) is 0 Å². The molecule has 1 N–H and O–H groups in total. The molecule has 0 spiro atoms. The fourth-order valence-electron chi connectivity index (χ4n) is 3.00. The van der Waals surface area contributed by atoms with E-state index in [1.165, 1.54) is 12.4 Å². The molecule has 3 rings (SSSR count). The Kier molecular flexibility index (Phi) is 4.53. The van der Waals surface area contributed by atoms with Crippen molar-refractivity contribution in [3.8, 4) is 0 Å². The number of anilines is 1. The lowest BCUT2D eigenvalue weighted by Gasteiger charge is -2.29. The van der Waals surface area contributed by atoms with Crippen molar-refractivity contribution in [2.45, 2.75) is 26.4 Å². The summed E-state index contributed by atoms with van der Waals surface area (Å²) in [5.41, 5.74) is 2.13. The lowest BCUT2D eigenvalue weighted by Crippen LogP contribution is -2.47. The average Bonchev–Trinajstić information content (AvgIpc) is 2.84. The summed E-state index contributed by atoms with van der Waals surface area (Å²) in [4.78, 5) is 31.0. The number of amides is 2. The molecule has 5 nitrogen and oxygen atoms in total. The van der Waals surface area contributed by atoms with Crippen LogP contribution >= 0.6 is 11.6 Å². The molecule has 124 valence electrons. The van der Waals surface area contributed by atoms with Crippen molar-refractivity contribution >= 4 is 29.1 Å². The van der Waals surface area contributed by atoms with E-state index in [-0.39, 0.29) is 17.7 Å². The van der Waals surface area contributed by atoms with E-state index in [2.05, 4.69) is 10.3 Å². The predicted octanol–water partition coefficient (Wildman–Crippen LogP) is 3.35. The van der Waals surface area contributed by atoms with Gasteiger partial charge in [0.1, 0.15) is 6.04 Å². The van der Waals surface area contributed by atoms with Crippen LogP contribution in [0.4, 0.5) is 5.69 Å². The number of carbonyl (C=O) groups excluding carboxylic acids is 2. The summed E-state index contributed by atoms with van der Waals surface area (Å²) in [7, 11) is 0. The fraction of sp³-hybridized carbons (Fsp3) is 0.278. The second kappa shape index (κ2) is 6.61. The number of aromatic nitrogens is 1. The minimum absolute atomic E-state index is 0.0320. The van der Waals surface area contributed by atoms with Crippen molar-refractivity contribution in [1.82, 2.24) is 9.88 Å². The number of benzene rings is 1. The molecule has 1 aromatic carbocycles. The predicted molar refractivity (Wildman–Crippen MR) is 92.8 cm³/mol. The Morgan fingerprint density at radius 2 is 2.04 bits per heavy atom. The van der Waals surface area contributed by atoms with Crippen LogP contribution in [0.1, 0.15) is 29.8 Å². The van der Waals surface area contributed by atoms with Crippen molar-refractivity contribution in [2.75, 3.05) is 5.32 Å². The summed E-state index contributed by atoms with van der Waals surface area (Å²) >= 11 is 5.90. The van der Waals surface area contributed by atoms with Gasteiger partial charge in [0, 0.05) is 18.3 Å². The van der Waals surface area contributed by atoms with Crippen molar-refractivity contribution in [3.63, 3.8) is 0 Å². The Balaban J connectivity index is 1.83. The highest BCUT2D eigenvalue weighted by Crippen LogP contribution is 2.27. The van der Waals surface area contributed by atoms with Crippen LogP contribution in [0.5, 0.6) is 0 Å². The summed E-state index contributed by atoms with van der Waals surface area (Å²) in [6, 6.07) is 8.52. The first-order valence-corrected chi connectivity index (χ1v) is 8.15. The molecular formula is C18H18ClN3O2. The molecule has 2 heterocycles. The highest BCUT2D eigenvalue weighted by molar-refractivity contribution is 6.30. The van der Waals surface area contributed by atoms with Crippen LogP contribution in [0.15, 0.2) is 42.7 Å². The second-order valence-corrected chi connectivity index (χ2v) is 6.60. The topological polar surface area (TPSA) is 62.3 Å². The lowest BCUT2D eigenvalue weighted by atomic mass is 10.0. The summed E-state index contributed by atoms with van der Waals surface area (Å²) < 4.78 is 0. The standard InChI is InChI=1S/C18H18ClN3O2/c1-11(2)16(17(23)21-14-7-13(19)8-20-9-14)22-10-12-5-3-4-6-15(12)18(22)24/h3-9,11,16H,10H2,1-2H3,(H,21,23)/t16-/m1/s1. The Labute approximate surface area is 145 Å². The molecule has 0 saturated carbocycles. The first-order valence-electron chi connectivity index (χ1n) is 7.77. The monoisotopic (exact) mass is 343 g/mol. The molecule has 2 aromatic rings. The first kappa shape index (κ1) is 16.5. The maximum absolute atomic E-state index is 12.8. The number of pyridine rings is 1. The normalized spacial score (nSPS) is 14.7. The zero-order chi connectivity index (χ0) is 17.3. The van der Waals surface area contributed by atoms with E-state index < -0.39 is 6.04 Å². The molecular weight excluding hydrogens is 326 g/mol. The zero-order valence-corrected chi connectivity index (χ0v) is 14.2. The maximum Gasteiger partial charge on any atom is 0.255 e. The molecule has 0 fully saturated rings. The number of hydrogen-bond acceptors (Lipinski definition) is 3. The molecule has 0 bridgehead atoms. The first-order chi connectivity index (χ1) is 11.5. The van der Waals surface area contributed by atoms with Gasteiger partial charge in [-0.2, -0.15) is 0 Å². The Hall–Kier alpha value is -2.40.